The largest absolute Gasteiger partial charge is 0.282 e. The third kappa shape index (κ3) is 1.97. The molecule has 0 amide bonds. The summed E-state index contributed by atoms with van der Waals surface area (Å²) in [6.45, 7) is 2.16. The van der Waals surface area contributed by atoms with Crippen LogP contribution in [0.25, 0.3) is 21.3 Å². The van der Waals surface area contributed by atoms with Crippen molar-refractivity contribution in [2.24, 2.45) is 5.11 Å². The highest BCUT2D eigenvalue weighted by molar-refractivity contribution is 5.82. The molecular formula is C11H9N5. The predicted molar refractivity (Wildman–Crippen MR) is 61.7 cm³/mol. The Bertz CT molecular complexity index is 623. The maximum Gasteiger partial charge on any atom is 0.0936 e. The van der Waals surface area contributed by atoms with Crippen LogP contribution >= 0.6 is 0 Å². The minimum Gasteiger partial charge on any atom is -0.282 e. The second-order valence-electron chi connectivity index (χ2n) is 3.27. The molecule has 0 saturated heterocycles. The van der Waals surface area contributed by atoms with E-state index in [9.17, 15) is 0 Å². The number of hydrogen-bond acceptors (Lipinski definition) is 2. The van der Waals surface area contributed by atoms with Crippen LogP contribution in [0.5, 0.6) is 0 Å². The van der Waals surface area contributed by atoms with Crippen molar-refractivity contribution < 1.29 is 0 Å². The van der Waals surface area contributed by atoms with E-state index in [0.717, 1.165) is 22.2 Å². The maximum atomic E-state index is 8.08. The van der Waals surface area contributed by atoms with Gasteiger partial charge >= 0.3 is 0 Å². The van der Waals surface area contributed by atoms with Gasteiger partial charge in [0.1, 0.15) is 0 Å². The first-order valence-corrected chi connectivity index (χ1v) is 4.76. The predicted octanol–water partition coefficient (Wildman–Crippen LogP) is 2.53. The van der Waals surface area contributed by atoms with Gasteiger partial charge in [-0.15, -0.1) is 0 Å². The van der Waals surface area contributed by atoms with Gasteiger partial charge in [-0.05, 0) is 30.7 Å². The van der Waals surface area contributed by atoms with Crippen LogP contribution in [0.15, 0.2) is 23.3 Å². The Morgan fingerprint density at radius 1 is 1.56 bits per heavy atom. The molecule has 1 N–H and O–H groups in total. The Morgan fingerprint density at radius 2 is 2.44 bits per heavy atom. The summed E-state index contributed by atoms with van der Waals surface area (Å²) >= 11 is 0. The lowest BCUT2D eigenvalue weighted by Gasteiger charge is -1.91. The van der Waals surface area contributed by atoms with Crippen LogP contribution < -0.4 is 0 Å². The van der Waals surface area contributed by atoms with Crippen molar-refractivity contribution in [3.63, 3.8) is 0 Å². The lowest BCUT2D eigenvalue weighted by atomic mass is 10.1. The molecule has 0 bridgehead atoms. The van der Waals surface area contributed by atoms with Crippen molar-refractivity contribution in [2.45, 2.75) is 6.92 Å². The molecule has 1 heterocycles. The Balaban J connectivity index is 2.31. The van der Waals surface area contributed by atoms with E-state index < -0.39 is 0 Å². The Labute approximate surface area is 92.1 Å². The van der Waals surface area contributed by atoms with Gasteiger partial charge in [0.25, 0.3) is 0 Å². The fourth-order valence-corrected chi connectivity index (χ4v) is 1.43. The minimum atomic E-state index is 0.189. The van der Waals surface area contributed by atoms with Crippen LogP contribution in [-0.4, -0.2) is 16.7 Å². The van der Waals surface area contributed by atoms with Gasteiger partial charge in [0.15, 0.2) is 0 Å². The molecule has 2 aromatic rings. The number of aromatic amines is 1. The van der Waals surface area contributed by atoms with Gasteiger partial charge in [-0.25, -0.2) is 0 Å². The summed E-state index contributed by atoms with van der Waals surface area (Å²) in [6, 6.07) is 5.81. The molecule has 0 atom stereocenters. The summed E-state index contributed by atoms with van der Waals surface area (Å²) in [4.78, 5) is 2.63. The first-order valence-electron chi connectivity index (χ1n) is 4.76. The average molecular weight is 211 g/mol. The topological polar surface area (TPSA) is 77.4 Å². The van der Waals surface area contributed by atoms with E-state index in [0.29, 0.717) is 0 Å². The van der Waals surface area contributed by atoms with Crippen molar-refractivity contribution in [3.05, 3.63) is 39.9 Å². The standard InChI is InChI=1S/C11H9N5/c1-8-10-5-4-9(3-2-6-13-16-12)7-11(10)15-14-8/h4-5,7H,6H2,1H3,(H,14,15). The van der Waals surface area contributed by atoms with Crippen LogP contribution in [0.1, 0.15) is 11.3 Å². The molecule has 0 fully saturated rings. The van der Waals surface area contributed by atoms with Crippen LogP contribution in [0.3, 0.4) is 0 Å². The summed E-state index contributed by atoms with van der Waals surface area (Å²) in [7, 11) is 0. The zero-order valence-electron chi connectivity index (χ0n) is 8.73. The molecule has 0 aliphatic rings. The first-order chi connectivity index (χ1) is 7.81. The zero-order valence-corrected chi connectivity index (χ0v) is 8.73. The first kappa shape index (κ1) is 10.1. The van der Waals surface area contributed by atoms with Gasteiger partial charge in [-0.1, -0.05) is 17.0 Å². The van der Waals surface area contributed by atoms with E-state index in [1.807, 2.05) is 25.1 Å². The summed E-state index contributed by atoms with van der Waals surface area (Å²) in [5.74, 6) is 5.68. The quantitative estimate of drug-likeness (QED) is 0.334. The van der Waals surface area contributed by atoms with Crippen molar-refractivity contribution in [2.75, 3.05) is 6.54 Å². The summed E-state index contributed by atoms with van der Waals surface area (Å²) in [6.07, 6.45) is 0. The van der Waals surface area contributed by atoms with E-state index in [1.165, 1.54) is 0 Å². The Kier molecular flexibility index (Phi) is 2.77. The van der Waals surface area contributed by atoms with E-state index in [-0.39, 0.29) is 6.54 Å². The molecular weight excluding hydrogens is 202 g/mol. The number of rotatable bonds is 1. The molecule has 0 unspecified atom stereocenters. The van der Waals surface area contributed by atoms with Gasteiger partial charge in [0.05, 0.1) is 12.1 Å². The number of benzene rings is 1. The SMILES string of the molecule is Cc1[nH]nc2cc(C#CCN=[N+]=[N-])ccc12. The smallest absolute Gasteiger partial charge is 0.0936 e. The average Bonchev–Trinajstić information content (AvgIpc) is 2.66. The normalized spacial score (nSPS) is 9.31. The fourth-order valence-electron chi connectivity index (χ4n) is 1.43. The summed E-state index contributed by atoms with van der Waals surface area (Å²) in [5, 5.41) is 11.5. The lowest BCUT2D eigenvalue weighted by Crippen LogP contribution is -1.76. The number of aromatic nitrogens is 2. The zero-order chi connectivity index (χ0) is 11.4. The highest BCUT2D eigenvalue weighted by Crippen LogP contribution is 2.15. The van der Waals surface area contributed by atoms with E-state index in [4.69, 9.17) is 5.53 Å². The van der Waals surface area contributed by atoms with Gasteiger partial charge in [-0.2, -0.15) is 5.10 Å². The molecule has 0 aliphatic carbocycles. The van der Waals surface area contributed by atoms with E-state index >= 15 is 0 Å². The number of azide groups is 1. The van der Waals surface area contributed by atoms with Gasteiger partial charge < -0.3 is 0 Å². The molecule has 0 spiro atoms. The van der Waals surface area contributed by atoms with Crippen molar-refractivity contribution in [3.8, 4) is 11.8 Å². The second kappa shape index (κ2) is 4.39. The third-order valence-corrected chi connectivity index (χ3v) is 2.19. The molecule has 1 aromatic carbocycles. The van der Waals surface area contributed by atoms with Gasteiger partial charge in [0.2, 0.25) is 0 Å². The summed E-state index contributed by atoms with van der Waals surface area (Å²) < 4.78 is 0. The number of nitrogens with one attached hydrogen (secondary N) is 1. The molecule has 5 heteroatoms. The second-order valence-corrected chi connectivity index (χ2v) is 3.27. The highest BCUT2D eigenvalue weighted by Gasteiger charge is 2.00. The number of H-pyrrole nitrogens is 1. The van der Waals surface area contributed by atoms with Gasteiger partial charge in [0, 0.05) is 21.6 Å². The van der Waals surface area contributed by atoms with Crippen molar-refractivity contribution >= 4 is 10.9 Å². The van der Waals surface area contributed by atoms with Crippen LogP contribution in [0.2, 0.25) is 0 Å². The number of hydrogen-bond donors (Lipinski definition) is 1. The fraction of sp³-hybridized carbons (Fsp3) is 0.182. The molecule has 0 aliphatic heterocycles. The molecule has 0 saturated carbocycles. The molecule has 5 nitrogen and oxygen atoms in total. The molecule has 1 aromatic heterocycles. The minimum absolute atomic E-state index is 0.189. The highest BCUT2D eigenvalue weighted by atomic mass is 15.1. The monoisotopic (exact) mass is 211 g/mol. The number of nitrogens with zero attached hydrogens (tertiary/aromatic N) is 4. The number of fused-ring (bicyclic) bond motifs is 1. The van der Waals surface area contributed by atoms with Gasteiger partial charge in [-0.3, -0.25) is 5.10 Å². The van der Waals surface area contributed by atoms with E-state index in [1.54, 1.807) is 0 Å². The van der Waals surface area contributed by atoms with Crippen LogP contribution in [0.4, 0.5) is 0 Å². The Morgan fingerprint density at radius 3 is 3.25 bits per heavy atom. The van der Waals surface area contributed by atoms with Crippen LogP contribution in [-0.2, 0) is 0 Å². The van der Waals surface area contributed by atoms with Crippen molar-refractivity contribution in [1.29, 1.82) is 0 Å². The third-order valence-electron chi connectivity index (χ3n) is 2.19. The molecule has 2 rings (SSSR count). The molecule has 0 radical (unpaired) electrons. The van der Waals surface area contributed by atoms with Crippen molar-refractivity contribution in [1.82, 2.24) is 10.2 Å². The van der Waals surface area contributed by atoms with Crippen LogP contribution in [0, 0.1) is 18.8 Å². The van der Waals surface area contributed by atoms with E-state index in [2.05, 4.69) is 32.1 Å². The number of aryl methyl sites for hydroxylation is 1. The molecule has 16 heavy (non-hydrogen) atoms. The maximum absolute atomic E-state index is 8.08. The molecule has 78 valence electrons. The summed E-state index contributed by atoms with van der Waals surface area (Å²) in [5.41, 5.74) is 10.9. The lowest BCUT2D eigenvalue weighted by molar-refractivity contribution is 1.07. The Hall–Kier alpha value is -2.44.